The quantitative estimate of drug-likeness (QED) is 0.221. The second-order valence-electron chi connectivity index (χ2n) is 12.8. The highest BCUT2D eigenvalue weighted by Gasteiger charge is 2.51. The summed E-state index contributed by atoms with van der Waals surface area (Å²) in [5.41, 5.74) is 0.825. The average Bonchev–Trinajstić information content (AvgIpc) is 3.16. The molecule has 3 rings (SSSR count). The maximum absolute atomic E-state index is 13.9. The first-order valence-electron chi connectivity index (χ1n) is 14.4. The number of esters is 1. The summed E-state index contributed by atoms with van der Waals surface area (Å²) >= 11 is 0. The number of aliphatic hydroxyl groups is 1. The lowest BCUT2D eigenvalue weighted by Gasteiger charge is -2.39. The molecule has 2 heterocycles. The first-order valence-corrected chi connectivity index (χ1v) is 14.4. The molecule has 1 saturated heterocycles. The Kier molecular flexibility index (Phi) is 10.6. The molecule has 0 aliphatic carbocycles. The molecule has 40 heavy (non-hydrogen) atoms. The number of phenolic OH excluding ortho intramolecular Hbond substituents is 1. The van der Waals surface area contributed by atoms with Crippen molar-refractivity contribution < 1.29 is 39.2 Å². The average molecular weight is 565 g/mol. The number of benzene rings is 1. The zero-order valence-electron chi connectivity index (χ0n) is 25.1. The molecular weight excluding hydrogens is 516 g/mol. The molecule has 1 aromatic carbocycles. The van der Waals surface area contributed by atoms with Crippen molar-refractivity contribution in [1.82, 2.24) is 10.4 Å². The molecule has 1 fully saturated rings. The van der Waals surface area contributed by atoms with E-state index in [4.69, 9.17) is 14.2 Å². The molecule has 0 bridgehead atoms. The number of fused-ring (bicyclic) bond motifs is 1. The smallest absolute Gasteiger partial charge is 0.342 e. The molecule has 10 heteroatoms. The number of rotatable bonds is 12. The highest BCUT2D eigenvalue weighted by Crippen LogP contribution is 2.36. The minimum Gasteiger partial charge on any atom is -0.507 e. The zero-order chi connectivity index (χ0) is 29.9. The maximum atomic E-state index is 13.9. The predicted molar refractivity (Wildman–Crippen MR) is 149 cm³/mol. The second kappa shape index (κ2) is 13.2. The van der Waals surface area contributed by atoms with Crippen molar-refractivity contribution in [3.05, 3.63) is 29.3 Å². The van der Waals surface area contributed by atoms with Gasteiger partial charge in [-0.1, -0.05) is 53.7 Å². The number of hydrogen-bond acceptors (Lipinski definition) is 9. The molecular formula is C30H48N2O8. The van der Waals surface area contributed by atoms with Crippen LogP contribution in [0.3, 0.4) is 0 Å². The standard InChI is InChI=1S/C30H48N2O8/c1-16(2)12-20(24-14-19-10-9-11-23(34)25(19)29(36)38-24)31-28(35)27-26(39-30(7,8)40-27)21(13-17(3)4)32(37)22(15-33)18(5)6/h9-11,16-18,20-22,24,26-27,33-34,37H,12-15H2,1-8H3,(H,31,35)/t20-,21-,22-,24-,26-,27-/m0/s1. The molecule has 4 N–H and O–H groups in total. The molecule has 2 aliphatic rings. The SMILES string of the molecule is CC(C)C[C@H](NC(=O)[C@H]1OC(C)(C)O[C@H]1[C@H](CC(C)C)N(O)[C@@H](CO)C(C)C)[C@@H]1Cc2cccc(O)c2C(=O)O1. The number of cyclic esters (lactones) is 1. The van der Waals surface area contributed by atoms with Gasteiger partial charge in [0.1, 0.15) is 23.5 Å². The molecule has 1 aromatic rings. The van der Waals surface area contributed by atoms with Crippen LogP contribution in [0.25, 0.3) is 0 Å². The van der Waals surface area contributed by atoms with Gasteiger partial charge in [0, 0.05) is 6.42 Å². The Morgan fingerprint density at radius 1 is 1.10 bits per heavy atom. The Morgan fingerprint density at radius 2 is 1.75 bits per heavy atom. The van der Waals surface area contributed by atoms with Gasteiger partial charge in [0.2, 0.25) is 0 Å². The third-order valence-corrected chi connectivity index (χ3v) is 7.63. The van der Waals surface area contributed by atoms with Gasteiger partial charge >= 0.3 is 5.97 Å². The molecule has 0 spiro atoms. The summed E-state index contributed by atoms with van der Waals surface area (Å²) in [6.45, 7) is 15.1. The van der Waals surface area contributed by atoms with Crippen LogP contribution in [0.1, 0.15) is 84.2 Å². The lowest BCUT2D eigenvalue weighted by atomic mass is 9.89. The van der Waals surface area contributed by atoms with E-state index < -0.39 is 54.1 Å². The monoisotopic (exact) mass is 564 g/mol. The topological polar surface area (TPSA) is 138 Å². The first-order chi connectivity index (χ1) is 18.6. The number of ether oxygens (including phenoxy) is 3. The molecule has 0 radical (unpaired) electrons. The van der Waals surface area contributed by atoms with Gasteiger partial charge < -0.3 is 34.9 Å². The summed E-state index contributed by atoms with van der Waals surface area (Å²) < 4.78 is 18.1. The molecule has 0 unspecified atom stereocenters. The molecule has 6 atom stereocenters. The van der Waals surface area contributed by atoms with Crippen LogP contribution in [0, 0.1) is 17.8 Å². The molecule has 1 amide bonds. The molecule has 2 aliphatic heterocycles. The van der Waals surface area contributed by atoms with Gasteiger partial charge in [-0.25, -0.2) is 4.79 Å². The largest absolute Gasteiger partial charge is 0.507 e. The molecule has 0 saturated carbocycles. The minimum atomic E-state index is -1.09. The summed E-state index contributed by atoms with van der Waals surface area (Å²) in [6.07, 6.45) is -1.12. The van der Waals surface area contributed by atoms with Gasteiger partial charge in [-0.15, -0.1) is 0 Å². The number of aliphatic hydroxyl groups excluding tert-OH is 1. The molecule has 226 valence electrons. The molecule has 0 aromatic heterocycles. The number of carbonyl (C=O) groups is 2. The zero-order valence-corrected chi connectivity index (χ0v) is 25.1. The number of carbonyl (C=O) groups excluding carboxylic acids is 2. The number of hydrogen-bond donors (Lipinski definition) is 4. The van der Waals surface area contributed by atoms with Crippen LogP contribution in [-0.4, -0.2) is 81.2 Å². The minimum absolute atomic E-state index is 0.0500. The van der Waals surface area contributed by atoms with Crippen molar-refractivity contribution in [2.45, 2.75) is 117 Å². The van der Waals surface area contributed by atoms with Crippen LogP contribution in [-0.2, 0) is 25.4 Å². The number of aromatic hydroxyl groups is 1. The van der Waals surface area contributed by atoms with Crippen LogP contribution in [0.5, 0.6) is 5.75 Å². The fourth-order valence-corrected chi connectivity index (χ4v) is 5.74. The van der Waals surface area contributed by atoms with Crippen LogP contribution < -0.4 is 5.32 Å². The van der Waals surface area contributed by atoms with E-state index in [1.807, 2.05) is 41.5 Å². The normalized spacial score (nSPS) is 24.8. The predicted octanol–water partition coefficient (Wildman–Crippen LogP) is 3.65. The lowest BCUT2D eigenvalue weighted by Crippen LogP contribution is -2.58. The van der Waals surface area contributed by atoms with E-state index in [9.17, 15) is 25.0 Å². The van der Waals surface area contributed by atoms with E-state index in [1.54, 1.807) is 26.0 Å². The second-order valence-corrected chi connectivity index (χ2v) is 12.8. The Labute approximate surface area is 237 Å². The van der Waals surface area contributed by atoms with Crippen molar-refractivity contribution in [3.63, 3.8) is 0 Å². The highest BCUT2D eigenvalue weighted by atomic mass is 16.8. The van der Waals surface area contributed by atoms with Crippen molar-refractivity contribution in [3.8, 4) is 5.75 Å². The van der Waals surface area contributed by atoms with E-state index in [0.29, 0.717) is 24.8 Å². The number of hydroxylamine groups is 2. The van der Waals surface area contributed by atoms with E-state index in [1.165, 1.54) is 6.07 Å². The van der Waals surface area contributed by atoms with Gasteiger partial charge in [-0.3, -0.25) is 4.79 Å². The fourth-order valence-electron chi connectivity index (χ4n) is 5.74. The van der Waals surface area contributed by atoms with E-state index >= 15 is 0 Å². The fraction of sp³-hybridized carbons (Fsp3) is 0.733. The van der Waals surface area contributed by atoms with Crippen molar-refractivity contribution in [1.29, 1.82) is 0 Å². The van der Waals surface area contributed by atoms with Crippen LogP contribution in [0.15, 0.2) is 18.2 Å². The van der Waals surface area contributed by atoms with E-state index in [-0.39, 0.29) is 35.7 Å². The maximum Gasteiger partial charge on any atom is 0.342 e. The Morgan fingerprint density at radius 3 is 2.33 bits per heavy atom. The van der Waals surface area contributed by atoms with Gasteiger partial charge in [0.25, 0.3) is 5.91 Å². The van der Waals surface area contributed by atoms with Crippen molar-refractivity contribution >= 4 is 11.9 Å². The highest BCUT2D eigenvalue weighted by molar-refractivity contribution is 5.95. The van der Waals surface area contributed by atoms with E-state index in [0.717, 1.165) is 5.06 Å². The third kappa shape index (κ3) is 7.53. The van der Waals surface area contributed by atoms with Gasteiger partial charge in [-0.2, -0.15) is 5.06 Å². The summed E-state index contributed by atoms with van der Waals surface area (Å²) in [6, 6.07) is 3.22. The van der Waals surface area contributed by atoms with E-state index in [2.05, 4.69) is 5.32 Å². The number of nitrogens with one attached hydrogen (secondary N) is 1. The summed E-state index contributed by atoms with van der Waals surface area (Å²) in [5, 5.41) is 35.7. The number of nitrogens with zero attached hydrogens (tertiary/aromatic N) is 1. The van der Waals surface area contributed by atoms with Gasteiger partial charge in [0.15, 0.2) is 11.9 Å². The van der Waals surface area contributed by atoms with Crippen LogP contribution in [0.2, 0.25) is 0 Å². The Hall–Kier alpha value is -2.24. The summed E-state index contributed by atoms with van der Waals surface area (Å²) in [7, 11) is 0. The Balaban J connectivity index is 1.89. The van der Waals surface area contributed by atoms with Crippen molar-refractivity contribution in [2.24, 2.45) is 17.8 Å². The number of amides is 1. The van der Waals surface area contributed by atoms with Crippen molar-refractivity contribution in [2.75, 3.05) is 6.61 Å². The molecule has 10 nitrogen and oxygen atoms in total. The third-order valence-electron chi connectivity index (χ3n) is 7.63. The van der Waals surface area contributed by atoms with Crippen LogP contribution >= 0.6 is 0 Å². The summed E-state index contributed by atoms with van der Waals surface area (Å²) in [4.78, 5) is 26.7. The number of phenols is 1. The Bertz CT molecular complexity index is 1030. The summed E-state index contributed by atoms with van der Waals surface area (Å²) in [5.74, 6) is -1.97. The lowest BCUT2D eigenvalue weighted by molar-refractivity contribution is -0.217. The van der Waals surface area contributed by atoms with Gasteiger partial charge in [-0.05, 0) is 56.1 Å². The first kappa shape index (κ1) is 32.3. The van der Waals surface area contributed by atoms with Gasteiger partial charge in [0.05, 0.1) is 24.7 Å². The van der Waals surface area contributed by atoms with Crippen LogP contribution in [0.4, 0.5) is 0 Å².